The molecule has 1 saturated heterocycles. The summed E-state index contributed by atoms with van der Waals surface area (Å²) in [6.07, 6.45) is 3.17. The minimum absolute atomic E-state index is 0.0835. The third kappa shape index (κ3) is 3.82. The molecule has 0 spiro atoms. The molecule has 0 radical (unpaired) electrons. The maximum atomic E-state index is 13.0. The fraction of sp³-hybridized carbons (Fsp3) is 0.421. The fourth-order valence-electron chi connectivity index (χ4n) is 3.25. The first kappa shape index (κ1) is 18.6. The number of halogens is 1. The number of nitrogens with zero attached hydrogens (tertiary/aromatic N) is 3. The first-order valence-electron chi connectivity index (χ1n) is 8.77. The van der Waals surface area contributed by atoms with Crippen molar-refractivity contribution in [3.05, 3.63) is 46.2 Å². The normalized spacial score (nSPS) is 17.2. The van der Waals surface area contributed by atoms with Crippen molar-refractivity contribution >= 4 is 27.8 Å². The standard InChI is InChI=1S/C19H22BrN3O3/c1-3-26-19(25)14-5-4-10-22(12-14)18(24)17-11-21-23(13(17)2)16-8-6-15(20)7-9-16/h6-9,11,14H,3-5,10,12H2,1-2H3. The Bertz CT molecular complexity index is 801. The lowest BCUT2D eigenvalue weighted by Gasteiger charge is -2.31. The van der Waals surface area contributed by atoms with Crippen molar-refractivity contribution in [2.45, 2.75) is 26.7 Å². The first-order valence-corrected chi connectivity index (χ1v) is 9.57. The van der Waals surface area contributed by atoms with Gasteiger partial charge in [-0.2, -0.15) is 5.10 Å². The second kappa shape index (κ2) is 8.03. The molecule has 0 N–H and O–H groups in total. The quantitative estimate of drug-likeness (QED) is 0.712. The SMILES string of the molecule is CCOC(=O)C1CCCN(C(=O)c2cnn(-c3ccc(Br)cc3)c2C)C1. The van der Waals surface area contributed by atoms with E-state index in [1.54, 1.807) is 22.7 Å². The molecule has 1 aliphatic heterocycles. The molecule has 1 unspecified atom stereocenters. The van der Waals surface area contributed by atoms with Gasteiger partial charge in [-0.3, -0.25) is 9.59 Å². The first-order chi connectivity index (χ1) is 12.5. The molecule has 1 aromatic heterocycles. The molecule has 3 rings (SSSR count). The number of rotatable bonds is 4. The van der Waals surface area contributed by atoms with Gasteiger partial charge in [0.15, 0.2) is 0 Å². The Morgan fingerprint density at radius 1 is 1.31 bits per heavy atom. The molecule has 1 atom stereocenters. The van der Waals surface area contributed by atoms with Gasteiger partial charge in [-0.1, -0.05) is 15.9 Å². The van der Waals surface area contributed by atoms with Gasteiger partial charge in [-0.05, 0) is 51.0 Å². The summed E-state index contributed by atoms with van der Waals surface area (Å²) < 4.78 is 7.86. The number of amides is 1. The number of ether oxygens (including phenoxy) is 1. The largest absolute Gasteiger partial charge is 0.466 e. The molecular weight excluding hydrogens is 398 g/mol. The number of benzene rings is 1. The second-order valence-corrected chi connectivity index (χ2v) is 7.29. The molecule has 1 amide bonds. The van der Waals surface area contributed by atoms with E-state index in [9.17, 15) is 9.59 Å². The van der Waals surface area contributed by atoms with Crippen LogP contribution in [0.15, 0.2) is 34.9 Å². The van der Waals surface area contributed by atoms with Crippen molar-refractivity contribution in [1.82, 2.24) is 14.7 Å². The van der Waals surface area contributed by atoms with E-state index in [0.717, 1.165) is 28.7 Å². The minimum Gasteiger partial charge on any atom is -0.466 e. The smallest absolute Gasteiger partial charge is 0.310 e. The zero-order valence-electron chi connectivity index (χ0n) is 14.9. The third-order valence-electron chi connectivity index (χ3n) is 4.64. The summed E-state index contributed by atoms with van der Waals surface area (Å²) in [4.78, 5) is 26.7. The highest BCUT2D eigenvalue weighted by Gasteiger charge is 2.31. The minimum atomic E-state index is -0.241. The Morgan fingerprint density at radius 2 is 2.04 bits per heavy atom. The summed E-state index contributed by atoms with van der Waals surface area (Å²) in [5.74, 6) is -0.540. The number of esters is 1. The second-order valence-electron chi connectivity index (χ2n) is 6.37. The van der Waals surface area contributed by atoms with Crippen LogP contribution in [-0.2, 0) is 9.53 Å². The maximum Gasteiger partial charge on any atom is 0.310 e. The van der Waals surface area contributed by atoms with Crippen LogP contribution < -0.4 is 0 Å². The van der Waals surface area contributed by atoms with E-state index in [-0.39, 0.29) is 17.8 Å². The molecule has 0 bridgehead atoms. The lowest BCUT2D eigenvalue weighted by molar-refractivity contribution is -0.149. The molecule has 1 aliphatic rings. The van der Waals surface area contributed by atoms with Gasteiger partial charge in [0.2, 0.25) is 0 Å². The van der Waals surface area contributed by atoms with Gasteiger partial charge in [-0.15, -0.1) is 0 Å². The van der Waals surface area contributed by atoms with E-state index in [0.29, 0.717) is 25.3 Å². The molecule has 2 aromatic rings. The zero-order valence-corrected chi connectivity index (χ0v) is 16.5. The summed E-state index contributed by atoms with van der Waals surface area (Å²) in [5, 5.41) is 4.38. The summed E-state index contributed by atoms with van der Waals surface area (Å²) in [6, 6.07) is 7.76. The van der Waals surface area contributed by atoms with Crippen LogP contribution in [0.4, 0.5) is 0 Å². The van der Waals surface area contributed by atoms with Gasteiger partial charge in [0.05, 0.1) is 35.7 Å². The van der Waals surface area contributed by atoms with Crippen LogP contribution in [0.3, 0.4) is 0 Å². The van der Waals surface area contributed by atoms with E-state index >= 15 is 0 Å². The monoisotopic (exact) mass is 419 g/mol. The van der Waals surface area contributed by atoms with Gasteiger partial charge in [0, 0.05) is 17.6 Å². The van der Waals surface area contributed by atoms with Gasteiger partial charge < -0.3 is 9.64 Å². The number of hydrogen-bond acceptors (Lipinski definition) is 4. The number of piperidine rings is 1. The highest BCUT2D eigenvalue weighted by molar-refractivity contribution is 9.10. The molecule has 0 aliphatic carbocycles. The average Bonchev–Trinajstić information content (AvgIpc) is 3.03. The maximum absolute atomic E-state index is 13.0. The highest BCUT2D eigenvalue weighted by Crippen LogP contribution is 2.22. The van der Waals surface area contributed by atoms with Crippen molar-refractivity contribution < 1.29 is 14.3 Å². The summed E-state index contributed by atoms with van der Waals surface area (Å²) in [5.41, 5.74) is 2.25. The van der Waals surface area contributed by atoms with Crippen molar-refractivity contribution in [3.8, 4) is 5.69 Å². The number of carbonyl (C=O) groups excluding carboxylic acids is 2. The van der Waals surface area contributed by atoms with Crippen LogP contribution in [0.2, 0.25) is 0 Å². The van der Waals surface area contributed by atoms with Crippen LogP contribution in [0, 0.1) is 12.8 Å². The highest BCUT2D eigenvalue weighted by atomic mass is 79.9. The van der Waals surface area contributed by atoms with Crippen LogP contribution >= 0.6 is 15.9 Å². The van der Waals surface area contributed by atoms with E-state index in [1.807, 2.05) is 31.2 Å². The Morgan fingerprint density at radius 3 is 2.73 bits per heavy atom. The summed E-state index contributed by atoms with van der Waals surface area (Å²) >= 11 is 3.42. The Balaban J connectivity index is 1.78. The van der Waals surface area contributed by atoms with Crippen molar-refractivity contribution in [1.29, 1.82) is 0 Å². The Kier molecular flexibility index (Phi) is 5.76. The molecule has 138 valence electrons. The van der Waals surface area contributed by atoms with E-state index in [4.69, 9.17) is 4.74 Å². The molecule has 1 fully saturated rings. The zero-order chi connectivity index (χ0) is 18.7. The van der Waals surface area contributed by atoms with E-state index in [2.05, 4.69) is 21.0 Å². The molecule has 7 heteroatoms. The topological polar surface area (TPSA) is 64.4 Å². The molecule has 6 nitrogen and oxygen atoms in total. The average molecular weight is 420 g/mol. The van der Waals surface area contributed by atoms with Gasteiger partial charge in [-0.25, -0.2) is 4.68 Å². The summed E-state index contributed by atoms with van der Waals surface area (Å²) in [7, 11) is 0. The van der Waals surface area contributed by atoms with Gasteiger partial charge >= 0.3 is 5.97 Å². The molecule has 26 heavy (non-hydrogen) atoms. The lowest BCUT2D eigenvalue weighted by Crippen LogP contribution is -2.43. The molecular formula is C19H22BrN3O3. The number of hydrogen-bond donors (Lipinski definition) is 0. The van der Waals surface area contributed by atoms with Crippen LogP contribution in [0.5, 0.6) is 0 Å². The van der Waals surface area contributed by atoms with Gasteiger partial charge in [0.1, 0.15) is 0 Å². The lowest BCUT2D eigenvalue weighted by atomic mass is 9.97. The predicted octanol–water partition coefficient (Wildman–Crippen LogP) is 3.36. The van der Waals surface area contributed by atoms with E-state index in [1.165, 1.54) is 0 Å². The van der Waals surface area contributed by atoms with Crippen LogP contribution in [0.25, 0.3) is 5.69 Å². The number of aromatic nitrogens is 2. The molecule has 1 aromatic carbocycles. The molecule has 2 heterocycles. The van der Waals surface area contributed by atoms with Crippen molar-refractivity contribution in [2.24, 2.45) is 5.92 Å². The Labute approximate surface area is 161 Å². The Hall–Kier alpha value is -2.15. The van der Waals surface area contributed by atoms with E-state index < -0.39 is 0 Å². The predicted molar refractivity (Wildman–Crippen MR) is 101 cm³/mol. The van der Waals surface area contributed by atoms with Crippen LogP contribution in [-0.4, -0.2) is 46.3 Å². The van der Waals surface area contributed by atoms with Crippen molar-refractivity contribution in [3.63, 3.8) is 0 Å². The fourth-order valence-corrected chi connectivity index (χ4v) is 3.51. The van der Waals surface area contributed by atoms with Gasteiger partial charge in [0.25, 0.3) is 5.91 Å². The molecule has 0 saturated carbocycles. The van der Waals surface area contributed by atoms with Crippen molar-refractivity contribution in [2.75, 3.05) is 19.7 Å². The number of carbonyl (C=O) groups is 2. The summed E-state index contributed by atoms with van der Waals surface area (Å²) in [6.45, 7) is 5.10. The van der Waals surface area contributed by atoms with Crippen LogP contribution in [0.1, 0.15) is 35.8 Å². The third-order valence-corrected chi connectivity index (χ3v) is 5.17. The number of likely N-dealkylation sites (tertiary alicyclic amines) is 1.